The number of aromatic nitrogens is 1. The van der Waals surface area contributed by atoms with Crippen molar-refractivity contribution in [3.05, 3.63) is 77.5 Å². The summed E-state index contributed by atoms with van der Waals surface area (Å²) in [7, 11) is 0. The monoisotopic (exact) mass is 584 g/mol. The third kappa shape index (κ3) is 6.41. The van der Waals surface area contributed by atoms with Crippen LogP contribution in [0.2, 0.25) is 0 Å². The second kappa shape index (κ2) is 11.7. The first-order chi connectivity index (χ1) is 19.9. The quantitative estimate of drug-likeness (QED) is 0.313. The molecular weight excluding hydrogens is 552 g/mol. The van der Waals surface area contributed by atoms with Gasteiger partial charge in [0.2, 0.25) is 5.67 Å². The molecule has 2 fully saturated rings. The molecule has 0 bridgehead atoms. The van der Waals surface area contributed by atoms with Crippen LogP contribution < -0.4 is 10.2 Å². The van der Waals surface area contributed by atoms with Crippen molar-refractivity contribution in [1.29, 1.82) is 0 Å². The Morgan fingerprint density at radius 2 is 1.71 bits per heavy atom. The number of nitrogens with zero attached hydrogens (tertiary/aromatic N) is 3. The predicted octanol–water partition coefficient (Wildman–Crippen LogP) is 6.40. The molecule has 3 aromatic rings. The molecule has 0 saturated carbocycles. The van der Waals surface area contributed by atoms with Crippen LogP contribution in [0.25, 0.3) is 11.1 Å². The second-order valence-corrected chi connectivity index (χ2v) is 11.0. The van der Waals surface area contributed by atoms with Gasteiger partial charge < -0.3 is 15.3 Å². The summed E-state index contributed by atoms with van der Waals surface area (Å²) < 4.78 is 53.7. The summed E-state index contributed by atoms with van der Waals surface area (Å²) in [5.41, 5.74) is 0.365. The minimum Gasteiger partial charge on any atom is -0.479 e. The first-order valence-electron chi connectivity index (χ1n) is 13.9. The number of carboxylic acids is 1. The van der Waals surface area contributed by atoms with Crippen molar-refractivity contribution in [2.24, 2.45) is 0 Å². The molecule has 11 heteroatoms. The average Bonchev–Trinajstić information content (AvgIpc) is 3.37. The van der Waals surface area contributed by atoms with Crippen LogP contribution in [0, 0.1) is 0 Å². The van der Waals surface area contributed by atoms with Gasteiger partial charge in [-0.2, -0.15) is 13.2 Å². The molecule has 0 radical (unpaired) electrons. The van der Waals surface area contributed by atoms with Gasteiger partial charge in [0.25, 0.3) is 5.91 Å². The van der Waals surface area contributed by atoms with E-state index in [2.05, 4.69) is 22.1 Å². The number of rotatable bonds is 7. The molecule has 2 aliphatic heterocycles. The van der Waals surface area contributed by atoms with Gasteiger partial charge in [0.05, 0.1) is 5.56 Å². The number of carbonyl (C=O) groups is 2. The van der Waals surface area contributed by atoms with E-state index < -0.39 is 23.4 Å². The predicted molar refractivity (Wildman–Crippen MR) is 151 cm³/mol. The van der Waals surface area contributed by atoms with E-state index in [-0.39, 0.29) is 31.8 Å². The highest BCUT2D eigenvalue weighted by Crippen LogP contribution is 2.34. The number of carbonyl (C=O) groups excluding carboxylic acids is 1. The van der Waals surface area contributed by atoms with Crippen LogP contribution in [0.5, 0.6) is 0 Å². The molecule has 1 atom stereocenters. The number of nitrogens with one attached hydrogen (secondary N) is 1. The molecule has 0 spiro atoms. The van der Waals surface area contributed by atoms with Gasteiger partial charge in [-0.25, -0.2) is 14.2 Å². The first kappa shape index (κ1) is 29.5. The number of aliphatic carboxylic acids is 1. The number of pyridine rings is 1. The van der Waals surface area contributed by atoms with E-state index in [1.807, 2.05) is 4.90 Å². The molecule has 2 N–H and O–H groups in total. The van der Waals surface area contributed by atoms with Crippen LogP contribution in [-0.2, 0) is 17.5 Å². The number of carboxylic acid groups (broad SMARTS) is 1. The molecule has 2 aromatic carbocycles. The highest BCUT2D eigenvalue weighted by atomic mass is 19.4. The summed E-state index contributed by atoms with van der Waals surface area (Å²) >= 11 is 0. The van der Waals surface area contributed by atoms with Crippen LogP contribution in [0.3, 0.4) is 0 Å². The summed E-state index contributed by atoms with van der Waals surface area (Å²) in [6.45, 7) is 4.12. The molecule has 7 nitrogen and oxygen atoms in total. The van der Waals surface area contributed by atoms with E-state index in [1.54, 1.807) is 36.5 Å². The number of amides is 1. The Morgan fingerprint density at radius 3 is 2.29 bits per heavy atom. The third-order valence-electron chi connectivity index (χ3n) is 8.25. The minimum atomic E-state index is -4.43. The Balaban J connectivity index is 1.32. The number of benzene rings is 2. The van der Waals surface area contributed by atoms with Crippen molar-refractivity contribution < 1.29 is 32.3 Å². The molecular formula is C31H32F4N4O3. The zero-order valence-electron chi connectivity index (χ0n) is 23.1. The van der Waals surface area contributed by atoms with Gasteiger partial charge in [-0.1, -0.05) is 12.1 Å². The minimum absolute atomic E-state index is 0.114. The first-order valence-corrected chi connectivity index (χ1v) is 13.9. The van der Waals surface area contributed by atoms with Crippen LogP contribution in [0.15, 0.2) is 60.8 Å². The van der Waals surface area contributed by atoms with Crippen molar-refractivity contribution >= 4 is 23.4 Å². The van der Waals surface area contributed by atoms with E-state index >= 15 is 0 Å². The summed E-state index contributed by atoms with van der Waals surface area (Å²) in [5.74, 6) is -1.50. The maximum Gasteiger partial charge on any atom is 0.416 e. The maximum absolute atomic E-state index is 14.4. The lowest BCUT2D eigenvalue weighted by Gasteiger charge is -2.35. The normalized spacial score (nSPS) is 19.1. The molecule has 222 valence electrons. The number of alkyl halides is 4. The van der Waals surface area contributed by atoms with E-state index in [1.165, 1.54) is 12.1 Å². The zero-order valence-corrected chi connectivity index (χ0v) is 23.1. The molecule has 2 aliphatic rings. The van der Waals surface area contributed by atoms with Gasteiger partial charge in [0.15, 0.2) is 0 Å². The number of halogens is 4. The molecule has 5 rings (SSSR count). The Bertz CT molecular complexity index is 1440. The Hall–Kier alpha value is -3.99. The zero-order chi connectivity index (χ0) is 30.1. The van der Waals surface area contributed by atoms with E-state index in [0.717, 1.165) is 42.8 Å². The highest BCUT2D eigenvalue weighted by molar-refractivity contribution is 6.04. The molecule has 1 aromatic heterocycles. The van der Waals surface area contributed by atoms with Gasteiger partial charge >= 0.3 is 12.1 Å². The number of likely N-dealkylation sites (tertiary alicyclic amines) is 1. The van der Waals surface area contributed by atoms with E-state index in [9.17, 15) is 27.2 Å². The SMILES string of the molecule is CC1CCCN1Cc1cc(NC(=O)c2ccc(N3CCC(F)(C(=O)O)CC3)cc2)ncc1-c1ccc(C(F)(F)F)cc1. The molecule has 42 heavy (non-hydrogen) atoms. The van der Waals surface area contributed by atoms with E-state index in [4.69, 9.17) is 5.11 Å². The van der Waals surface area contributed by atoms with Gasteiger partial charge in [-0.05, 0) is 79.9 Å². The number of piperidine rings is 1. The summed E-state index contributed by atoms with van der Waals surface area (Å²) in [5, 5.41) is 11.9. The topological polar surface area (TPSA) is 85.8 Å². The Morgan fingerprint density at radius 1 is 1.05 bits per heavy atom. The largest absolute Gasteiger partial charge is 0.479 e. The number of hydrogen-bond donors (Lipinski definition) is 2. The molecule has 0 aliphatic carbocycles. The van der Waals surface area contributed by atoms with E-state index in [0.29, 0.717) is 35.1 Å². The lowest BCUT2D eigenvalue weighted by atomic mass is 9.93. The average molecular weight is 585 g/mol. The van der Waals surface area contributed by atoms with Crippen molar-refractivity contribution in [2.75, 3.05) is 29.9 Å². The Labute approximate surface area is 241 Å². The van der Waals surface area contributed by atoms with Crippen LogP contribution in [-0.4, -0.2) is 58.2 Å². The smallest absolute Gasteiger partial charge is 0.416 e. The fourth-order valence-electron chi connectivity index (χ4n) is 5.59. The van der Waals surface area contributed by atoms with Gasteiger partial charge in [0.1, 0.15) is 5.82 Å². The standard InChI is InChI=1S/C31H32F4N4O3/c1-20-3-2-14-39(20)19-23-17-27(36-18-26(23)21-4-8-24(9-5-21)31(33,34)35)37-28(40)22-6-10-25(11-7-22)38-15-12-30(32,13-16-38)29(41)42/h4-11,17-18,20H,2-3,12-16,19H2,1H3,(H,41,42)(H,36,37,40). The fraction of sp³-hybridized carbons (Fsp3) is 0.387. The molecule has 2 saturated heterocycles. The molecule has 1 unspecified atom stereocenters. The summed E-state index contributed by atoms with van der Waals surface area (Å²) in [6.07, 6.45) is -0.950. The van der Waals surface area contributed by atoms with Crippen molar-refractivity contribution in [3.8, 4) is 11.1 Å². The van der Waals surface area contributed by atoms with Crippen molar-refractivity contribution in [3.63, 3.8) is 0 Å². The van der Waals surface area contributed by atoms with Gasteiger partial charge in [-0.3, -0.25) is 9.69 Å². The highest BCUT2D eigenvalue weighted by Gasteiger charge is 2.41. The number of hydrogen-bond acceptors (Lipinski definition) is 5. The van der Waals surface area contributed by atoms with Crippen molar-refractivity contribution in [1.82, 2.24) is 9.88 Å². The summed E-state index contributed by atoms with van der Waals surface area (Å²) in [6, 6.07) is 13.9. The van der Waals surface area contributed by atoms with Gasteiger partial charge in [0, 0.05) is 61.5 Å². The fourth-order valence-corrected chi connectivity index (χ4v) is 5.59. The molecule has 3 heterocycles. The lowest BCUT2D eigenvalue weighted by Crippen LogP contribution is -2.46. The third-order valence-corrected chi connectivity index (χ3v) is 8.25. The Kier molecular flexibility index (Phi) is 8.23. The second-order valence-electron chi connectivity index (χ2n) is 11.0. The van der Waals surface area contributed by atoms with Crippen LogP contribution >= 0.6 is 0 Å². The van der Waals surface area contributed by atoms with Crippen LogP contribution in [0.1, 0.15) is 54.1 Å². The molecule has 1 amide bonds. The number of anilines is 2. The van der Waals surface area contributed by atoms with Crippen molar-refractivity contribution in [2.45, 2.75) is 57.0 Å². The van der Waals surface area contributed by atoms with Crippen LogP contribution in [0.4, 0.5) is 29.1 Å². The van der Waals surface area contributed by atoms with Gasteiger partial charge in [-0.15, -0.1) is 0 Å². The maximum atomic E-state index is 14.4. The summed E-state index contributed by atoms with van der Waals surface area (Å²) in [4.78, 5) is 32.8. The lowest BCUT2D eigenvalue weighted by molar-refractivity contribution is -0.152.